The highest BCUT2D eigenvalue weighted by molar-refractivity contribution is 5.76. The molecule has 2 rings (SSSR count). The fourth-order valence-corrected chi connectivity index (χ4v) is 2.97. The SMILES string of the molecule is Cc1cc(C)c(C)c(OCCC(=O)NC2CCC(N)CC2)c1. The van der Waals surface area contributed by atoms with Crippen LogP contribution in [0.2, 0.25) is 0 Å². The lowest BCUT2D eigenvalue weighted by molar-refractivity contribution is -0.122. The van der Waals surface area contributed by atoms with E-state index in [2.05, 4.69) is 32.2 Å². The van der Waals surface area contributed by atoms with Crippen molar-refractivity contribution < 1.29 is 9.53 Å². The van der Waals surface area contributed by atoms with Crippen LogP contribution >= 0.6 is 0 Å². The van der Waals surface area contributed by atoms with Crippen LogP contribution in [0.4, 0.5) is 0 Å². The van der Waals surface area contributed by atoms with Crippen molar-refractivity contribution in [2.75, 3.05) is 6.61 Å². The normalized spacial score (nSPS) is 21.5. The van der Waals surface area contributed by atoms with E-state index < -0.39 is 0 Å². The summed E-state index contributed by atoms with van der Waals surface area (Å²) < 4.78 is 5.79. The highest BCUT2D eigenvalue weighted by Crippen LogP contribution is 2.23. The van der Waals surface area contributed by atoms with Crippen molar-refractivity contribution in [1.82, 2.24) is 5.32 Å². The second kappa shape index (κ2) is 7.63. The molecule has 0 heterocycles. The summed E-state index contributed by atoms with van der Waals surface area (Å²) in [5, 5.41) is 3.09. The first-order valence-electron chi connectivity index (χ1n) is 8.21. The maximum atomic E-state index is 12.0. The molecule has 4 nitrogen and oxygen atoms in total. The number of aryl methyl sites for hydroxylation is 2. The van der Waals surface area contributed by atoms with Crippen LogP contribution in [0.3, 0.4) is 0 Å². The minimum Gasteiger partial charge on any atom is -0.493 e. The Morgan fingerprint density at radius 2 is 1.91 bits per heavy atom. The molecule has 0 atom stereocenters. The zero-order valence-electron chi connectivity index (χ0n) is 13.9. The van der Waals surface area contributed by atoms with E-state index in [1.54, 1.807) is 0 Å². The predicted octanol–water partition coefficient (Wildman–Crippen LogP) is 2.77. The summed E-state index contributed by atoms with van der Waals surface area (Å²) in [6.07, 6.45) is 4.38. The first kappa shape index (κ1) is 16.8. The first-order valence-corrected chi connectivity index (χ1v) is 8.21. The van der Waals surface area contributed by atoms with Gasteiger partial charge in [-0.3, -0.25) is 4.79 Å². The van der Waals surface area contributed by atoms with Crippen molar-refractivity contribution in [3.8, 4) is 5.75 Å². The number of carbonyl (C=O) groups excluding carboxylic acids is 1. The maximum Gasteiger partial charge on any atom is 0.223 e. The standard InChI is InChI=1S/C18H28N2O2/c1-12-10-13(2)14(3)17(11-12)22-9-8-18(21)20-16-6-4-15(19)5-7-16/h10-11,15-16H,4-9,19H2,1-3H3,(H,20,21). The van der Waals surface area contributed by atoms with Gasteiger partial charge < -0.3 is 15.8 Å². The zero-order valence-corrected chi connectivity index (χ0v) is 13.9. The fraction of sp³-hybridized carbons (Fsp3) is 0.611. The monoisotopic (exact) mass is 304 g/mol. The van der Waals surface area contributed by atoms with Crippen molar-refractivity contribution in [3.05, 3.63) is 28.8 Å². The van der Waals surface area contributed by atoms with E-state index >= 15 is 0 Å². The van der Waals surface area contributed by atoms with Crippen LogP contribution in [0.1, 0.15) is 48.8 Å². The van der Waals surface area contributed by atoms with Gasteiger partial charge in [-0.05, 0) is 69.2 Å². The largest absolute Gasteiger partial charge is 0.493 e. The zero-order chi connectivity index (χ0) is 16.1. The van der Waals surface area contributed by atoms with E-state index in [0.717, 1.165) is 37.0 Å². The molecule has 0 saturated heterocycles. The van der Waals surface area contributed by atoms with Crippen molar-refractivity contribution in [2.45, 2.75) is 65.0 Å². The van der Waals surface area contributed by atoms with Crippen molar-refractivity contribution >= 4 is 5.91 Å². The number of rotatable bonds is 5. The lowest BCUT2D eigenvalue weighted by atomic mass is 9.92. The molecule has 1 aliphatic rings. The Hall–Kier alpha value is -1.55. The van der Waals surface area contributed by atoms with E-state index in [-0.39, 0.29) is 11.9 Å². The molecule has 4 heteroatoms. The second-order valence-electron chi connectivity index (χ2n) is 6.48. The van der Waals surface area contributed by atoms with Crippen LogP contribution in [-0.4, -0.2) is 24.6 Å². The van der Waals surface area contributed by atoms with E-state index in [1.165, 1.54) is 11.1 Å². The molecule has 0 bridgehead atoms. The minimum atomic E-state index is 0.0718. The number of ether oxygens (including phenoxy) is 1. The number of hydrogen-bond donors (Lipinski definition) is 2. The first-order chi connectivity index (χ1) is 10.5. The summed E-state index contributed by atoms with van der Waals surface area (Å²) in [6.45, 7) is 6.60. The van der Waals surface area contributed by atoms with Gasteiger partial charge in [-0.1, -0.05) is 6.07 Å². The average Bonchev–Trinajstić information content (AvgIpc) is 2.46. The summed E-state index contributed by atoms with van der Waals surface area (Å²) in [5.74, 6) is 0.955. The van der Waals surface area contributed by atoms with Gasteiger partial charge in [0.05, 0.1) is 13.0 Å². The Kier molecular flexibility index (Phi) is 5.83. The molecule has 0 spiro atoms. The number of nitrogens with two attached hydrogens (primary N) is 1. The molecule has 1 saturated carbocycles. The molecule has 0 unspecified atom stereocenters. The molecule has 1 amide bonds. The summed E-state index contributed by atoms with van der Waals surface area (Å²) >= 11 is 0. The van der Waals surface area contributed by atoms with Gasteiger partial charge in [-0.25, -0.2) is 0 Å². The van der Waals surface area contributed by atoms with E-state index in [1.807, 2.05) is 6.07 Å². The molecular formula is C18H28N2O2. The average molecular weight is 304 g/mol. The molecule has 1 fully saturated rings. The number of hydrogen-bond acceptors (Lipinski definition) is 3. The third-order valence-corrected chi connectivity index (χ3v) is 4.49. The van der Waals surface area contributed by atoms with E-state index in [0.29, 0.717) is 19.1 Å². The van der Waals surface area contributed by atoms with Gasteiger partial charge in [0, 0.05) is 12.1 Å². The molecule has 3 N–H and O–H groups in total. The van der Waals surface area contributed by atoms with Crippen LogP contribution in [0, 0.1) is 20.8 Å². The van der Waals surface area contributed by atoms with Crippen LogP contribution in [0.5, 0.6) is 5.75 Å². The summed E-state index contributed by atoms with van der Waals surface area (Å²) in [7, 11) is 0. The molecule has 1 aromatic rings. The smallest absolute Gasteiger partial charge is 0.223 e. The fourth-order valence-electron chi connectivity index (χ4n) is 2.97. The number of amides is 1. The van der Waals surface area contributed by atoms with Crippen molar-refractivity contribution in [1.29, 1.82) is 0 Å². The number of benzene rings is 1. The van der Waals surface area contributed by atoms with Gasteiger partial charge in [0.25, 0.3) is 0 Å². The summed E-state index contributed by atoms with van der Waals surface area (Å²) in [5.41, 5.74) is 9.43. The highest BCUT2D eigenvalue weighted by atomic mass is 16.5. The number of carbonyl (C=O) groups is 1. The Morgan fingerprint density at radius 1 is 1.23 bits per heavy atom. The Bertz CT molecular complexity index is 520. The highest BCUT2D eigenvalue weighted by Gasteiger charge is 2.19. The molecule has 1 aromatic carbocycles. The molecular weight excluding hydrogens is 276 g/mol. The Balaban J connectivity index is 1.75. The van der Waals surface area contributed by atoms with Crippen LogP contribution in [0.15, 0.2) is 12.1 Å². The molecule has 22 heavy (non-hydrogen) atoms. The number of nitrogens with one attached hydrogen (secondary N) is 1. The molecule has 0 radical (unpaired) electrons. The van der Waals surface area contributed by atoms with Gasteiger partial charge in [0.1, 0.15) is 5.75 Å². The van der Waals surface area contributed by atoms with Crippen LogP contribution in [0.25, 0.3) is 0 Å². The predicted molar refractivity (Wildman–Crippen MR) is 89.1 cm³/mol. The van der Waals surface area contributed by atoms with Crippen LogP contribution < -0.4 is 15.8 Å². The minimum absolute atomic E-state index is 0.0718. The summed E-state index contributed by atoms with van der Waals surface area (Å²) in [4.78, 5) is 12.0. The Labute approximate surface area is 133 Å². The lowest BCUT2D eigenvalue weighted by Gasteiger charge is -2.26. The van der Waals surface area contributed by atoms with E-state index in [9.17, 15) is 4.79 Å². The van der Waals surface area contributed by atoms with Gasteiger partial charge in [-0.2, -0.15) is 0 Å². The molecule has 122 valence electrons. The van der Waals surface area contributed by atoms with E-state index in [4.69, 9.17) is 10.5 Å². The topological polar surface area (TPSA) is 64.3 Å². The molecule has 0 aromatic heterocycles. The Morgan fingerprint density at radius 3 is 2.59 bits per heavy atom. The van der Waals surface area contributed by atoms with Crippen molar-refractivity contribution in [2.24, 2.45) is 5.73 Å². The van der Waals surface area contributed by atoms with Crippen molar-refractivity contribution in [3.63, 3.8) is 0 Å². The molecule has 0 aliphatic heterocycles. The third-order valence-electron chi connectivity index (χ3n) is 4.49. The van der Waals surface area contributed by atoms with Gasteiger partial charge in [0.2, 0.25) is 5.91 Å². The lowest BCUT2D eigenvalue weighted by Crippen LogP contribution is -2.40. The quantitative estimate of drug-likeness (QED) is 0.879. The third kappa shape index (κ3) is 4.73. The maximum absolute atomic E-state index is 12.0. The van der Waals surface area contributed by atoms with Gasteiger partial charge >= 0.3 is 0 Å². The second-order valence-corrected chi connectivity index (χ2v) is 6.48. The summed E-state index contributed by atoms with van der Waals surface area (Å²) in [6, 6.07) is 4.77. The molecule has 1 aliphatic carbocycles. The van der Waals surface area contributed by atoms with Gasteiger partial charge in [0.15, 0.2) is 0 Å². The van der Waals surface area contributed by atoms with Gasteiger partial charge in [-0.15, -0.1) is 0 Å². The van der Waals surface area contributed by atoms with Crippen LogP contribution in [-0.2, 0) is 4.79 Å².